The number of amides is 1. The number of nitrogens with one attached hydrogen (secondary N) is 1. The Balaban J connectivity index is 1.98. The molecule has 1 fully saturated rings. The molecule has 2 N–H and O–H groups in total. The molecule has 2 rings (SSSR count). The van der Waals surface area contributed by atoms with Crippen LogP contribution < -0.4 is 5.32 Å². The van der Waals surface area contributed by atoms with E-state index in [4.69, 9.17) is 21.4 Å². The zero-order valence-electron chi connectivity index (χ0n) is 9.30. The first-order chi connectivity index (χ1) is 8.58. The van der Waals surface area contributed by atoms with E-state index in [2.05, 4.69) is 10.3 Å². The van der Waals surface area contributed by atoms with E-state index in [9.17, 15) is 9.59 Å². The van der Waals surface area contributed by atoms with Crippen LogP contribution in [0.5, 0.6) is 0 Å². The number of anilines is 1. The lowest BCUT2D eigenvalue weighted by molar-refractivity contribution is -0.150. The van der Waals surface area contributed by atoms with Gasteiger partial charge in [0.2, 0.25) is 0 Å². The lowest BCUT2D eigenvalue weighted by Gasteiger charge is -2.12. The number of carboxylic acids is 1. The molecular weight excluding hydrogens is 260 g/mol. The van der Waals surface area contributed by atoms with Crippen LogP contribution >= 0.6 is 11.6 Å². The zero-order chi connectivity index (χ0) is 13.1. The van der Waals surface area contributed by atoms with Gasteiger partial charge in [0.15, 0.2) is 11.3 Å². The van der Waals surface area contributed by atoms with Crippen LogP contribution in [0.1, 0.15) is 12.8 Å². The Bertz CT molecular complexity index is 480. The van der Waals surface area contributed by atoms with E-state index in [1.807, 2.05) is 0 Å². The van der Waals surface area contributed by atoms with Crippen LogP contribution in [0.15, 0.2) is 18.3 Å². The Labute approximate surface area is 108 Å². The van der Waals surface area contributed by atoms with Crippen molar-refractivity contribution in [3.8, 4) is 0 Å². The number of rotatable bonds is 3. The maximum atomic E-state index is 11.8. The van der Waals surface area contributed by atoms with E-state index >= 15 is 0 Å². The quantitative estimate of drug-likeness (QED) is 0.809. The lowest BCUT2D eigenvalue weighted by Crippen LogP contribution is -2.30. The smallest absolute Gasteiger partial charge is 0.332 e. The molecule has 1 aliphatic rings. The summed E-state index contributed by atoms with van der Waals surface area (Å²) in [4.78, 5) is 26.3. The summed E-state index contributed by atoms with van der Waals surface area (Å²) >= 11 is 5.79. The standard InChI is InChI=1S/C11H11ClN2O4/c12-9-6(2-1-5-13-9)14-10(15)7-3-4-8(18-7)11(16)17/h1-2,5,7-8H,3-4H2,(H,14,15)(H,16,17). The fourth-order valence-electron chi connectivity index (χ4n) is 1.70. The molecule has 0 saturated carbocycles. The highest BCUT2D eigenvalue weighted by Gasteiger charge is 2.34. The fraction of sp³-hybridized carbons (Fsp3) is 0.364. The third-order valence-electron chi connectivity index (χ3n) is 2.60. The van der Waals surface area contributed by atoms with Crippen molar-refractivity contribution in [1.29, 1.82) is 0 Å². The van der Waals surface area contributed by atoms with Gasteiger partial charge in [0, 0.05) is 6.20 Å². The third-order valence-corrected chi connectivity index (χ3v) is 2.91. The zero-order valence-corrected chi connectivity index (χ0v) is 10.1. The van der Waals surface area contributed by atoms with Crippen molar-refractivity contribution in [3.05, 3.63) is 23.5 Å². The molecule has 0 bridgehead atoms. The molecule has 1 aromatic heterocycles. The minimum absolute atomic E-state index is 0.179. The fourth-order valence-corrected chi connectivity index (χ4v) is 1.87. The molecule has 2 heterocycles. The third kappa shape index (κ3) is 2.77. The van der Waals surface area contributed by atoms with Gasteiger partial charge in [0.25, 0.3) is 5.91 Å². The summed E-state index contributed by atoms with van der Waals surface area (Å²) in [5, 5.41) is 11.5. The van der Waals surface area contributed by atoms with Crippen LogP contribution in [-0.4, -0.2) is 34.2 Å². The van der Waals surface area contributed by atoms with E-state index in [0.29, 0.717) is 18.5 Å². The van der Waals surface area contributed by atoms with Crippen molar-refractivity contribution in [2.45, 2.75) is 25.0 Å². The summed E-state index contributed by atoms with van der Waals surface area (Å²) in [5.74, 6) is -1.46. The number of ether oxygens (including phenoxy) is 1. The predicted molar refractivity (Wildman–Crippen MR) is 63.4 cm³/mol. The molecule has 1 aromatic rings. The number of pyridine rings is 1. The normalized spacial score (nSPS) is 22.7. The summed E-state index contributed by atoms with van der Waals surface area (Å²) in [6, 6.07) is 3.24. The summed E-state index contributed by atoms with van der Waals surface area (Å²) in [6.45, 7) is 0. The number of aliphatic carboxylic acids is 1. The first-order valence-electron chi connectivity index (χ1n) is 5.37. The van der Waals surface area contributed by atoms with E-state index in [1.165, 1.54) is 6.20 Å². The number of halogens is 1. The molecule has 1 saturated heterocycles. The van der Waals surface area contributed by atoms with Gasteiger partial charge in [-0.3, -0.25) is 4.79 Å². The Morgan fingerprint density at radius 2 is 2.17 bits per heavy atom. The number of aromatic nitrogens is 1. The maximum Gasteiger partial charge on any atom is 0.332 e. The van der Waals surface area contributed by atoms with Crippen molar-refractivity contribution in [2.24, 2.45) is 0 Å². The van der Waals surface area contributed by atoms with Crippen LogP contribution in [0.4, 0.5) is 5.69 Å². The van der Waals surface area contributed by atoms with Crippen LogP contribution in [0, 0.1) is 0 Å². The van der Waals surface area contributed by atoms with Gasteiger partial charge < -0.3 is 15.2 Å². The van der Waals surface area contributed by atoms with Gasteiger partial charge in [0.1, 0.15) is 6.10 Å². The highest BCUT2D eigenvalue weighted by molar-refractivity contribution is 6.32. The van der Waals surface area contributed by atoms with Crippen molar-refractivity contribution in [2.75, 3.05) is 5.32 Å². The summed E-state index contributed by atoms with van der Waals surface area (Å²) in [6.07, 6.45) is 0.534. The second kappa shape index (κ2) is 5.32. The molecule has 0 radical (unpaired) electrons. The molecule has 18 heavy (non-hydrogen) atoms. The minimum atomic E-state index is -1.05. The topological polar surface area (TPSA) is 88.5 Å². The molecular formula is C11H11ClN2O4. The number of hydrogen-bond donors (Lipinski definition) is 2. The van der Waals surface area contributed by atoms with Crippen LogP contribution in [0.2, 0.25) is 5.15 Å². The van der Waals surface area contributed by atoms with Gasteiger partial charge in [-0.15, -0.1) is 0 Å². The molecule has 0 spiro atoms. The van der Waals surface area contributed by atoms with E-state index in [0.717, 1.165) is 0 Å². The Morgan fingerprint density at radius 3 is 2.78 bits per heavy atom. The van der Waals surface area contributed by atoms with Gasteiger partial charge >= 0.3 is 5.97 Å². The first-order valence-corrected chi connectivity index (χ1v) is 5.75. The highest BCUT2D eigenvalue weighted by atomic mass is 35.5. The van der Waals surface area contributed by atoms with Crippen molar-refractivity contribution < 1.29 is 19.4 Å². The van der Waals surface area contributed by atoms with E-state index in [1.54, 1.807) is 12.1 Å². The van der Waals surface area contributed by atoms with Crippen molar-refractivity contribution in [3.63, 3.8) is 0 Å². The lowest BCUT2D eigenvalue weighted by atomic mass is 10.2. The predicted octanol–water partition coefficient (Wildman–Crippen LogP) is 1.31. The van der Waals surface area contributed by atoms with Crippen LogP contribution in [-0.2, 0) is 14.3 Å². The average Bonchev–Trinajstić information content (AvgIpc) is 2.81. The molecule has 0 aliphatic carbocycles. The van der Waals surface area contributed by atoms with Crippen molar-refractivity contribution >= 4 is 29.2 Å². The molecule has 2 atom stereocenters. The average molecular weight is 271 g/mol. The molecule has 6 nitrogen and oxygen atoms in total. The number of carbonyl (C=O) groups excluding carboxylic acids is 1. The molecule has 0 aromatic carbocycles. The Morgan fingerprint density at radius 1 is 1.44 bits per heavy atom. The maximum absolute atomic E-state index is 11.8. The van der Waals surface area contributed by atoms with E-state index < -0.39 is 24.1 Å². The molecule has 1 amide bonds. The molecule has 2 unspecified atom stereocenters. The second-order valence-corrected chi connectivity index (χ2v) is 4.22. The van der Waals surface area contributed by atoms with Gasteiger partial charge in [0.05, 0.1) is 5.69 Å². The molecule has 96 valence electrons. The van der Waals surface area contributed by atoms with Gasteiger partial charge in [-0.1, -0.05) is 11.6 Å². The number of carboxylic acid groups (broad SMARTS) is 1. The SMILES string of the molecule is O=C(O)C1CCC(C(=O)Nc2cccnc2Cl)O1. The van der Waals surface area contributed by atoms with Crippen molar-refractivity contribution in [1.82, 2.24) is 4.98 Å². The highest BCUT2D eigenvalue weighted by Crippen LogP contribution is 2.23. The van der Waals surface area contributed by atoms with Gasteiger partial charge in [-0.2, -0.15) is 0 Å². The Kier molecular flexibility index (Phi) is 3.78. The second-order valence-electron chi connectivity index (χ2n) is 3.86. The largest absolute Gasteiger partial charge is 0.479 e. The summed E-state index contributed by atoms with van der Waals surface area (Å²) < 4.78 is 5.12. The van der Waals surface area contributed by atoms with E-state index in [-0.39, 0.29) is 5.15 Å². The van der Waals surface area contributed by atoms with Crippen LogP contribution in [0.25, 0.3) is 0 Å². The van der Waals surface area contributed by atoms with Gasteiger partial charge in [-0.05, 0) is 25.0 Å². The monoisotopic (exact) mass is 270 g/mol. The summed E-state index contributed by atoms with van der Waals surface area (Å²) in [7, 11) is 0. The molecule has 1 aliphatic heterocycles. The summed E-state index contributed by atoms with van der Waals surface area (Å²) in [5.41, 5.74) is 0.381. The van der Waals surface area contributed by atoms with Crippen LogP contribution in [0.3, 0.4) is 0 Å². The number of carbonyl (C=O) groups is 2. The number of nitrogens with zero attached hydrogens (tertiary/aromatic N) is 1. The van der Waals surface area contributed by atoms with Gasteiger partial charge in [-0.25, -0.2) is 9.78 Å². The minimum Gasteiger partial charge on any atom is -0.479 e. The first kappa shape index (κ1) is 12.8. The number of hydrogen-bond acceptors (Lipinski definition) is 4. The molecule has 7 heteroatoms. The Hall–Kier alpha value is -1.66.